The van der Waals surface area contributed by atoms with E-state index in [1.807, 2.05) is 29.6 Å². The standard InChI is InChI=1S/C15H10N4O2S2/c20-12-9(8-3-1-2-4-10(8)17-12)7-11-13(21)18-15(23-11)19-14-16-5-6-22-14/h1-7,9H,(H,17,20)(H,16,18,19,21)/b11-7-. The molecule has 4 rings (SSSR count). The number of thioether (sulfide) groups is 1. The summed E-state index contributed by atoms with van der Waals surface area (Å²) in [6.07, 6.45) is 3.34. The van der Waals surface area contributed by atoms with Crippen molar-refractivity contribution < 1.29 is 9.59 Å². The number of hydrogen-bond acceptors (Lipinski definition) is 6. The average Bonchev–Trinajstić information content (AvgIpc) is 3.22. The van der Waals surface area contributed by atoms with Gasteiger partial charge in [0.25, 0.3) is 5.91 Å². The summed E-state index contributed by atoms with van der Waals surface area (Å²) in [7, 11) is 0. The summed E-state index contributed by atoms with van der Waals surface area (Å²) in [5.41, 5.74) is 1.67. The highest BCUT2D eigenvalue weighted by Gasteiger charge is 2.32. The second-order valence-electron chi connectivity index (χ2n) is 4.87. The van der Waals surface area contributed by atoms with E-state index < -0.39 is 5.92 Å². The molecule has 1 saturated heterocycles. The number of hydrogen-bond donors (Lipinski definition) is 2. The molecule has 8 heteroatoms. The minimum absolute atomic E-state index is 0.127. The molecule has 23 heavy (non-hydrogen) atoms. The van der Waals surface area contributed by atoms with Crippen LogP contribution in [-0.4, -0.2) is 22.0 Å². The number of para-hydroxylation sites is 1. The number of anilines is 1. The number of nitrogens with one attached hydrogen (secondary N) is 2. The Balaban J connectivity index is 1.62. The molecular weight excluding hydrogens is 332 g/mol. The molecule has 2 aliphatic heterocycles. The number of carbonyl (C=O) groups is 2. The fourth-order valence-electron chi connectivity index (χ4n) is 2.40. The van der Waals surface area contributed by atoms with Crippen LogP contribution in [0.25, 0.3) is 0 Å². The van der Waals surface area contributed by atoms with Crippen LogP contribution in [0, 0.1) is 0 Å². The Morgan fingerprint density at radius 2 is 2.09 bits per heavy atom. The van der Waals surface area contributed by atoms with Crippen LogP contribution in [-0.2, 0) is 9.59 Å². The van der Waals surface area contributed by atoms with E-state index in [0.717, 1.165) is 11.3 Å². The molecule has 3 heterocycles. The highest BCUT2D eigenvalue weighted by atomic mass is 32.2. The number of nitrogens with zero attached hydrogens (tertiary/aromatic N) is 2. The number of amidine groups is 1. The molecule has 0 radical (unpaired) electrons. The van der Waals surface area contributed by atoms with Crippen LogP contribution < -0.4 is 10.6 Å². The topological polar surface area (TPSA) is 83.5 Å². The highest BCUT2D eigenvalue weighted by Crippen LogP contribution is 2.36. The molecular formula is C15H10N4O2S2. The first kappa shape index (κ1) is 14.2. The zero-order chi connectivity index (χ0) is 15.8. The lowest BCUT2D eigenvalue weighted by Crippen LogP contribution is -2.20. The van der Waals surface area contributed by atoms with E-state index in [1.54, 1.807) is 12.3 Å². The third-order valence-electron chi connectivity index (χ3n) is 3.42. The van der Waals surface area contributed by atoms with Gasteiger partial charge in [0.2, 0.25) is 11.0 Å². The molecule has 6 nitrogen and oxygen atoms in total. The monoisotopic (exact) mass is 342 g/mol. The lowest BCUT2D eigenvalue weighted by atomic mass is 10.0. The Hall–Kier alpha value is -2.45. The molecule has 1 unspecified atom stereocenters. The van der Waals surface area contributed by atoms with Gasteiger partial charge in [0.05, 0.1) is 10.8 Å². The summed E-state index contributed by atoms with van der Waals surface area (Å²) >= 11 is 2.61. The maximum absolute atomic E-state index is 12.1. The predicted molar refractivity (Wildman–Crippen MR) is 90.8 cm³/mol. The lowest BCUT2D eigenvalue weighted by molar-refractivity contribution is -0.116. The molecule has 0 aliphatic carbocycles. The van der Waals surface area contributed by atoms with Crippen LogP contribution in [0.2, 0.25) is 0 Å². The van der Waals surface area contributed by atoms with Crippen molar-refractivity contribution in [2.75, 3.05) is 5.32 Å². The minimum Gasteiger partial charge on any atom is -0.325 e. The molecule has 1 aromatic heterocycles. The average molecular weight is 342 g/mol. The van der Waals surface area contributed by atoms with E-state index in [2.05, 4.69) is 20.6 Å². The SMILES string of the molecule is O=C1NC(=Nc2nccs2)S/C1=C\C1C(=O)Nc2ccccc21. The largest absolute Gasteiger partial charge is 0.325 e. The first-order chi connectivity index (χ1) is 11.2. The van der Waals surface area contributed by atoms with Gasteiger partial charge in [0, 0.05) is 17.3 Å². The zero-order valence-electron chi connectivity index (χ0n) is 11.6. The van der Waals surface area contributed by atoms with Gasteiger partial charge in [-0.15, -0.1) is 11.3 Å². The number of thiazole rings is 1. The molecule has 2 N–H and O–H groups in total. The van der Waals surface area contributed by atoms with Gasteiger partial charge >= 0.3 is 0 Å². The lowest BCUT2D eigenvalue weighted by Gasteiger charge is -2.02. The molecule has 1 aromatic carbocycles. The van der Waals surface area contributed by atoms with E-state index in [9.17, 15) is 9.59 Å². The van der Waals surface area contributed by atoms with Crippen LogP contribution in [0.1, 0.15) is 11.5 Å². The number of aromatic nitrogens is 1. The predicted octanol–water partition coefficient (Wildman–Crippen LogP) is 2.61. The molecule has 2 aromatic rings. The molecule has 1 atom stereocenters. The normalized spacial score (nSPS) is 23.2. The van der Waals surface area contributed by atoms with Crippen molar-refractivity contribution in [3.05, 3.63) is 52.4 Å². The maximum atomic E-state index is 12.1. The second kappa shape index (κ2) is 5.64. The van der Waals surface area contributed by atoms with Gasteiger partial charge in [-0.1, -0.05) is 18.2 Å². The van der Waals surface area contributed by atoms with Crippen LogP contribution >= 0.6 is 23.1 Å². The van der Waals surface area contributed by atoms with Gasteiger partial charge in [-0.05, 0) is 29.5 Å². The van der Waals surface area contributed by atoms with Crippen molar-refractivity contribution in [2.24, 2.45) is 4.99 Å². The number of carbonyl (C=O) groups excluding carboxylic acids is 2. The van der Waals surface area contributed by atoms with Crippen molar-refractivity contribution in [1.82, 2.24) is 10.3 Å². The van der Waals surface area contributed by atoms with E-state index in [4.69, 9.17) is 0 Å². The third-order valence-corrected chi connectivity index (χ3v) is 5.01. The summed E-state index contributed by atoms with van der Waals surface area (Å²) in [6.45, 7) is 0. The number of benzene rings is 1. The number of rotatable bonds is 2. The van der Waals surface area contributed by atoms with Crippen LogP contribution in [0.5, 0.6) is 0 Å². The quantitative estimate of drug-likeness (QED) is 0.822. The van der Waals surface area contributed by atoms with E-state index in [1.165, 1.54) is 23.1 Å². The van der Waals surface area contributed by atoms with Crippen molar-refractivity contribution >= 4 is 50.9 Å². The summed E-state index contributed by atoms with van der Waals surface area (Å²) < 4.78 is 0. The van der Waals surface area contributed by atoms with Gasteiger partial charge in [0.1, 0.15) is 0 Å². The maximum Gasteiger partial charge on any atom is 0.263 e. The van der Waals surface area contributed by atoms with Crippen LogP contribution in [0.15, 0.2) is 51.8 Å². The Bertz CT molecular complexity index is 858. The van der Waals surface area contributed by atoms with Gasteiger partial charge in [0.15, 0.2) is 5.17 Å². The van der Waals surface area contributed by atoms with Gasteiger partial charge in [-0.25, -0.2) is 4.98 Å². The number of aliphatic imine (C=N–C) groups is 1. The Morgan fingerprint density at radius 1 is 1.22 bits per heavy atom. The Kier molecular flexibility index (Phi) is 3.47. The molecule has 0 spiro atoms. The molecule has 1 fully saturated rings. The van der Waals surface area contributed by atoms with Crippen LogP contribution in [0.4, 0.5) is 10.8 Å². The minimum atomic E-state index is -0.460. The van der Waals surface area contributed by atoms with Crippen molar-refractivity contribution in [2.45, 2.75) is 5.92 Å². The molecule has 2 aliphatic rings. The fraction of sp³-hybridized carbons (Fsp3) is 0.0667. The first-order valence-corrected chi connectivity index (χ1v) is 8.49. The third kappa shape index (κ3) is 2.66. The second-order valence-corrected chi connectivity index (χ2v) is 6.78. The fourth-order valence-corrected chi connectivity index (χ4v) is 3.80. The van der Waals surface area contributed by atoms with Gasteiger partial charge < -0.3 is 10.6 Å². The van der Waals surface area contributed by atoms with Crippen LogP contribution in [0.3, 0.4) is 0 Å². The van der Waals surface area contributed by atoms with Gasteiger partial charge in [-0.2, -0.15) is 4.99 Å². The summed E-state index contributed by atoms with van der Waals surface area (Å²) in [4.78, 5) is 33.0. The van der Waals surface area contributed by atoms with E-state index in [-0.39, 0.29) is 11.8 Å². The summed E-state index contributed by atoms with van der Waals surface area (Å²) in [5.74, 6) is -0.835. The Morgan fingerprint density at radius 3 is 2.91 bits per heavy atom. The first-order valence-electron chi connectivity index (χ1n) is 6.80. The summed E-state index contributed by atoms with van der Waals surface area (Å²) in [6, 6.07) is 7.48. The van der Waals surface area contributed by atoms with Crippen molar-refractivity contribution in [1.29, 1.82) is 0 Å². The van der Waals surface area contributed by atoms with Crippen molar-refractivity contribution in [3.8, 4) is 0 Å². The number of amides is 2. The molecule has 0 saturated carbocycles. The zero-order valence-corrected chi connectivity index (χ0v) is 13.3. The number of fused-ring (bicyclic) bond motifs is 1. The highest BCUT2D eigenvalue weighted by molar-refractivity contribution is 8.18. The molecule has 0 bridgehead atoms. The Labute approximate surface area is 139 Å². The van der Waals surface area contributed by atoms with E-state index in [0.29, 0.717) is 15.2 Å². The van der Waals surface area contributed by atoms with E-state index >= 15 is 0 Å². The molecule has 114 valence electrons. The smallest absolute Gasteiger partial charge is 0.263 e. The summed E-state index contributed by atoms with van der Waals surface area (Å²) in [5, 5.41) is 8.39. The molecule has 2 amide bonds. The van der Waals surface area contributed by atoms with Gasteiger partial charge in [-0.3, -0.25) is 9.59 Å². The van der Waals surface area contributed by atoms with Crippen molar-refractivity contribution in [3.63, 3.8) is 0 Å².